The molecule has 0 saturated carbocycles. The summed E-state index contributed by atoms with van der Waals surface area (Å²) in [6.45, 7) is 3.95. The summed E-state index contributed by atoms with van der Waals surface area (Å²) >= 11 is 0. The number of rotatable bonds is 5. The molecule has 1 aromatic rings. The average molecular weight is 337 g/mol. The van der Waals surface area contributed by atoms with E-state index in [2.05, 4.69) is 4.98 Å². The number of sulfonamides is 1. The third kappa shape index (κ3) is 3.40. The zero-order valence-electron chi connectivity index (χ0n) is 13.4. The van der Waals surface area contributed by atoms with Gasteiger partial charge in [0.05, 0.1) is 11.7 Å². The first kappa shape index (κ1) is 16.4. The molecular formula is C16H23N3O3S. The number of pyridine rings is 1. The lowest BCUT2D eigenvalue weighted by Gasteiger charge is -2.33. The summed E-state index contributed by atoms with van der Waals surface area (Å²) in [5.41, 5.74) is 1.01. The average Bonchev–Trinajstić information content (AvgIpc) is 2.97. The maximum Gasteiger partial charge on any atom is 0.227 e. The molecule has 2 atom stereocenters. The highest BCUT2D eigenvalue weighted by molar-refractivity contribution is 7.89. The Kier molecular flexibility index (Phi) is 4.68. The van der Waals surface area contributed by atoms with E-state index in [0.29, 0.717) is 32.6 Å². The third-order valence-electron chi connectivity index (χ3n) is 4.76. The van der Waals surface area contributed by atoms with Crippen molar-refractivity contribution in [2.24, 2.45) is 11.8 Å². The Bertz CT molecular complexity index is 662. The number of amides is 1. The molecule has 6 nitrogen and oxygen atoms in total. The van der Waals surface area contributed by atoms with Crippen LogP contribution >= 0.6 is 0 Å². The predicted octanol–water partition coefficient (Wildman–Crippen LogP) is 1.10. The molecule has 2 unspecified atom stereocenters. The summed E-state index contributed by atoms with van der Waals surface area (Å²) in [7, 11) is -3.22. The van der Waals surface area contributed by atoms with Crippen LogP contribution in [0.3, 0.4) is 0 Å². The molecule has 0 aromatic carbocycles. The zero-order valence-corrected chi connectivity index (χ0v) is 14.2. The van der Waals surface area contributed by atoms with E-state index in [1.165, 1.54) is 4.31 Å². The fraction of sp³-hybridized carbons (Fsp3) is 0.625. The Hall–Kier alpha value is -1.47. The highest BCUT2D eigenvalue weighted by Gasteiger charge is 2.45. The molecule has 23 heavy (non-hydrogen) atoms. The van der Waals surface area contributed by atoms with Crippen LogP contribution < -0.4 is 0 Å². The monoisotopic (exact) mass is 337 g/mol. The van der Waals surface area contributed by atoms with Crippen LogP contribution in [-0.4, -0.2) is 53.9 Å². The fourth-order valence-electron chi connectivity index (χ4n) is 3.55. The van der Waals surface area contributed by atoms with Crippen molar-refractivity contribution in [3.8, 4) is 0 Å². The van der Waals surface area contributed by atoms with Crippen molar-refractivity contribution in [1.29, 1.82) is 0 Å². The van der Waals surface area contributed by atoms with Gasteiger partial charge in [-0.1, -0.05) is 13.0 Å². The van der Waals surface area contributed by atoms with Crippen molar-refractivity contribution in [2.75, 3.05) is 25.4 Å². The van der Waals surface area contributed by atoms with Crippen molar-refractivity contribution in [1.82, 2.24) is 14.2 Å². The largest absolute Gasteiger partial charge is 0.338 e. The van der Waals surface area contributed by atoms with Gasteiger partial charge >= 0.3 is 0 Å². The Morgan fingerprint density at radius 3 is 2.87 bits per heavy atom. The predicted molar refractivity (Wildman–Crippen MR) is 86.9 cm³/mol. The van der Waals surface area contributed by atoms with Gasteiger partial charge in [-0.3, -0.25) is 9.78 Å². The highest BCUT2D eigenvalue weighted by atomic mass is 32.2. The lowest BCUT2D eigenvalue weighted by atomic mass is 9.88. The van der Waals surface area contributed by atoms with E-state index in [1.807, 2.05) is 24.0 Å². The summed E-state index contributed by atoms with van der Waals surface area (Å²) in [5, 5.41) is 0. The maximum atomic E-state index is 12.7. The second-order valence-electron chi connectivity index (χ2n) is 6.41. The first-order chi connectivity index (χ1) is 11.0. The number of nitrogens with zero attached hydrogens (tertiary/aromatic N) is 3. The van der Waals surface area contributed by atoms with Crippen LogP contribution in [0.1, 0.15) is 25.3 Å². The summed E-state index contributed by atoms with van der Waals surface area (Å²) in [6, 6.07) is 3.82. The summed E-state index contributed by atoms with van der Waals surface area (Å²) < 4.78 is 26.0. The number of fused-ring (bicyclic) bond motifs is 1. The van der Waals surface area contributed by atoms with E-state index in [0.717, 1.165) is 12.0 Å². The molecule has 126 valence electrons. The lowest BCUT2D eigenvalue weighted by molar-refractivity contribution is -0.140. The minimum absolute atomic E-state index is 0.0827. The topological polar surface area (TPSA) is 70.6 Å². The molecule has 2 saturated heterocycles. The normalized spacial score (nSPS) is 25.6. The molecule has 0 spiro atoms. The molecule has 0 aliphatic carbocycles. The second kappa shape index (κ2) is 6.57. The Balaban J connectivity index is 1.68. The first-order valence-electron chi connectivity index (χ1n) is 8.17. The van der Waals surface area contributed by atoms with Crippen LogP contribution in [0.25, 0.3) is 0 Å². The number of carbonyl (C=O) groups is 1. The molecule has 0 bridgehead atoms. The van der Waals surface area contributed by atoms with Crippen molar-refractivity contribution < 1.29 is 13.2 Å². The van der Waals surface area contributed by atoms with Gasteiger partial charge in [-0.25, -0.2) is 12.7 Å². The number of likely N-dealkylation sites (tertiary alicyclic amines) is 1. The van der Waals surface area contributed by atoms with Crippen LogP contribution in [0.2, 0.25) is 0 Å². The van der Waals surface area contributed by atoms with Crippen LogP contribution in [0.4, 0.5) is 0 Å². The molecule has 2 aliphatic heterocycles. The van der Waals surface area contributed by atoms with Gasteiger partial charge in [-0.2, -0.15) is 0 Å². The van der Waals surface area contributed by atoms with E-state index >= 15 is 0 Å². The molecule has 1 amide bonds. The zero-order chi connectivity index (χ0) is 16.4. The number of piperidine rings is 1. The molecule has 0 radical (unpaired) electrons. The van der Waals surface area contributed by atoms with Crippen LogP contribution in [-0.2, 0) is 21.4 Å². The highest BCUT2D eigenvalue weighted by Crippen LogP contribution is 2.34. The number of hydrogen-bond acceptors (Lipinski definition) is 4. The quantitative estimate of drug-likeness (QED) is 0.807. The van der Waals surface area contributed by atoms with Crippen molar-refractivity contribution in [3.05, 3.63) is 30.1 Å². The van der Waals surface area contributed by atoms with E-state index < -0.39 is 10.0 Å². The van der Waals surface area contributed by atoms with Gasteiger partial charge in [-0.15, -0.1) is 0 Å². The van der Waals surface area contributed by atoms with Gasteiger partial charge in [0.15, 0.2) is 0 Å². The molecule has 7 heteroatoms. The van der Waals surface area contributed by atoms with Gasteiger partial charge in [-0.05, 0) is 30.4 Å². The Morgan fingerprint density at radius 1 is 1.35 bits per heavy atom. The number of aromatic nitrogens is 1. The number of carbonyl (C=O) groups excluding carboxylic acids is 1. The number of hydrogen-bond donors (Lipinski definition) is 0. The van der Waals surface area contributed by atoms with Crippen molar-refractivity contribution in [2.45, 2.75) is 26.3 Å². The molecule has 1 aromatic heterocycles. The Labute approximate surface area is 137 Å². The van der Waals surface area contributed by atoms with Crippen molar-refractivity contribution in [3.63, 3.8) is 0 Å². The van der Waals surface area contributed by atoms with Crippen molar-refractivity contribution >= 4 is 15.9 Å². The van der Waals surface area contributed by atoms with Gasteiger partial charge in [0.25, 0.3) is 0 Å². The SMILES string of the molecule is CCCS(=O)(=O)N1CC2CCN(Cc3cccnc3)C(=O)C2C1. The smallest absolute Gasteiger partial charge is 0.227 e. The summed E-state index contributed by atoms with van der Waals surface area (Å²) in [5.74, 6) is 0.227. The van der Waals surface area contributed by atoms with E-state index in [1.54, 1.807) is 12.4 Å². The molecule has 3 heterocycles. The fourth-order valence-corrected chi connectivity index (χ4v) is 5.13. The third-order valence-corrected chi connectivity index (χ3v) is 6.77. The molecule has 2 fully saturated rings. The van der Waals surface area contributed by atoms with Crippen LogP contribution in [0.15, 0.2) is 24.5 Å². The standard InChI is InChI=1S/C16H23N3O3S/c1-2-8-23(21,22)19-11-14-5-7-18(16(20)15(14)12-19)10-13-4-3-6-17-9-13/h3-4,6,9,14-15H,2,5,7-8,10-12H2,1H3. The minimum Gasteiger partial charge on any atom is -0.338 e. The minimum atomic E-state index is -3.22. The van der Waals surface area contributed by atoms with E-state index in [-0.39, 0.29) is 23.5 Å². The maximum absolute atomic E-state index is 12.7. The summed E-state index contributed by atoms with van der Waals surface area (Å²) in [6.07, 6.45) is 4.96. The summed E-state index contributed by atoms with van der Waals surface area (Å²) in [4.78, 5) is 18.6. The Morgan fingerprint density at radius 2 is 2.17 bits per heavy atom. The van der Waals surface area contributed by atoms with Gasteiger partial charge in [0.2, 0.25) is 15.9 Å². The van der Waals surface area contributed by atoms with E-state index in [9.17, 15) is 13.2 Å². The van der Waals surface area contributed by atoms with Gasteiger partial charge in [0.1, 0.15) is 0 Å². The van der Waals surface area contributed by atoms with E-state index in [4.69, 9.17) is 0 Å². The lowest BCUT2D eigenvalue weighted by Crippen LogP contribution is -2.44. The second-order valence-corrected chi connectivity index (χ2v) is 8.50. The molecule has 2 aliphatic rings. The molecular weight excluding hydrogens is 314 g/mol. The van der Waals surface area contributed by atoms with Gasteiger partial charge in [0, 0.05) is 38.6 Å². The molecule has 0 N–H and O–H groups in total. The van der Waals surface area contributed by atoms with Gasteiger partial charge < -0.3 is 4.90 Å². The van der Waals surface area contributed by atoms with Crippen LogP contribution in [0.5, 0.6) is 0 Å². The first-order valence-corrected chi connectivity index (χ1v) is 9.77. The molecule has 3 rings (SSSR count). The van der Waals surface area contributed by atoms with Crippen LogP contribution in [0, 0.1) is 11.8 Å².